The lowest BCUT2D eigenvalue weighted by Crippen LogP contribution is -2.00. The van der Waals surface area contributed by atoms with E-state index in [1.807, 2.05) is 43.4 Å². The maximum Gasteiger partial charge on any atom is 0.164 e. The summed E-state index contributed by atoms with van der Waals surface area (Å²) in [6, 6.07) is 43.3. The summed E-state index contributed by atoms with van der Waals surface area (Å²) in [5, 5.41) is 10.3. The third-order valence-corrected chi connectivity index (χ3v) is 9.79. The summed E-state index contributed by atoms with van der Waals surface area (Å²) in [5.41, 5.74) is 7.74. The van der Waals surface area contributed by atoms with Gasteiger partial charge in [-0.25, -0.2) is 15.0 Å². The van der Waals surface area contributed by atoms with Crippen molar-refractivity contribution in [2.45, 2.75) is 33.6 Å². The van der Waals surface area contributed by atoms with E-state index in [1.165, 1.54) is 54.2 Å². The molecule has 0 atom stereocenters. The topological polar surface area (TPSA) is 38.7 Å². The Labute approximate surface area is 299 Å². The van der Waals surface area contributed by atoms with Gasteiger partial charge in [0.1, 0.15) is 0 Å². The summed E-state index contributed by atoms with van der Waals surface area (Å²) in [4.78, 5) is 15.2. The van der Waals surface area contributed by atoms with Crippen LogP contribution in [0.2, 0.25) is 0 Å². The zero-order valence-corrected chi connectivity index (χ0v) is 29.3. The molecule has 0 aliphatic carbocycles. The highest BCUT2D eigenvalue weighted by Gasteiger charge is 2.18. The smallest absolute Gasteiger partial charge is 0.164 e. The molecule has 0 N–H and O–H groups in total. The number of hydrogen-bond acceptors (Lipinski definition) is 3. The summed E-state index contributed by atoms with van der Waals surface area (Å²) in [7, 11) is 0. The predicted octanol–water partition coefficient (Wildman–Crippen LogP) is 12.9. The van der Waals surface area contributed by atoms with Gasteiger partial charge in [0.2, 0.25) is 0 Å². The first-order valence-corrected chi connectivity index (χ1v) is 17.8. The predicted molar refractivity (Wildman–Crippen MR) is 218 cm³/mol. The normalized spacial score (nSPS) is 12.1. The fraction of sp³-hybridized carbons (Fsp3) is 0.104. The second kappa shape index (κ2) is 13.6. The molecular formula is C48H39N3. The van der Waals surface area contributed by atoms with Gasteiger partial charge in [-0.1, -0.05) is 159 Å². The number of nitrogens with zero attached hydrogens (tertiary/aromatic N) is 3. The molecule has 8 rings (SSSR count). The van der Waals surface area contributed by atoms with E-state index in [0.717, 1.165) is 40.7 Å². The Morgan fingerprint density at radius 3 is 1.94 bits per heavy atom. The molecule has 3 heteroatoms. The fourth-order valence-corrected chi connectivity index (χ4v) is 7.53. The number of fused-ring (bicyclic) bond motifs is 8. The van der Waals surface area contributed by atoms with Crippen molar-refractivity contribution in [2.24, 2.45) is 0 Å². The van der Waals surface area contributed by atoms with Crippen LogP contribution in [0.15, 0.2) is 152 Å². The van der Waals surface area contributed by atoms with Crippen molar-refractivity contribution in [2.75, 3.05) is 0 Å². The number of benzene rings is 7. The van der Waals surface area contributed by atoms with E-state index in [2.05, 4.69) is 130 Å². The van der Waals surface area contributed by atoms with Crippen molar-refractivity contribution < 1.29 is 0 Å². The standard InChI is InChI=1S/C48H39N3/c1-5-14-32(15-6-2)33-23-25-36(26-24-33)47-49-46(35-17-9-8-10-18-35)50-48(51-47)38-28-27-37-29-31(4)43-44-34(16-7-3)19-13-22-40(44)39-20-11-12-21-41(39)45(43)42(37)30-38/h5-6,8-15,17-30H,1,7,16H2,2-4H3/b15-6-,32-14+. The Morgan fingerprint density at radius 2 is 1.24 bits per heavy atom. The van der Waals surface area contributed by atoms with Gasteiger partial charge in [0.05, 0.1) is 0 Å². The van der Waals surface area contributed by atoms with Gasteiger partial charge in [0.15, 0.2) is 17.5 Å². The van der Waals surface area contributed by atoms with Gasteiger partial charge in [0.25, 0.3) is 0 Å². The van der Waals surface area contributed by atoms with Crippen molar-refractivity contribution in [3.8, 4) is 34.2 Å². The van der Waals surface area contributed by atoms with Gasteiger partial charge in [-0.05, 0) is 91.7 Å². The van der Waals surface area contributed by atoms with Crippen molar-refractivity contribution >= 4 is 48.7 Å². The molecule has 1 aromatic heterocycles. The average Bonchev–Trinajstić information content (AvgIpc) is 3.18. The van der Waals surface area contributed by atoms with Crippen LogP contribution in [0.5, 0.6) is 0 Å². The number of allylic oxidation sites excluding steroid dienone is 5. The van der Waals surface area contributed by atoms with Gasteiger partial charge in [0, 0.05) is 16.7 Å². The van der Waals surface area contributed by atoms with E-state index in [1.54, 1.807) is 0 Å². The lowest BCUT2D eigenvalue weighted by molar-refractivity contribution is 0.930. The third kappa shape index (κ3) is 5.81. The first kappa shape index (κ1) is 32.0. The molecule has 0 bridgehead atoms. The zero-order valence-electron chi connectivity index (χ0n) is 29.3. The van der Waals surface area contributed by atoms with Gasteiger partial charge in [-0.2, -0.15) is 0 Å². The molecule has 0 saturated heterocycles. The van der Waals surface area contributed by atoms with Crippen LogP contribution < -0.4 is 0 Å². The molecule has 0 radical (unpaired) electrons. The molecular weight excluding hydrogens is 619 g/mol. The van der Waals surface area contributed by atoms with E-state index >= 15 is 0 Å². The first-order valence-electron chi connectivity index (χ1n) is 17.8. The Balaban J connectivity index is 1.38. The van der Waals surface area contributed by atoms with Crippen LogP contribution in [0.1, 0.15) is 37.0 Å². The fourth-order valence-electron chi connectivity index (χ4n) is 7.53. The van der Waals surface area contributed by atoms with Gasteiger partial charge < -0.3 is 0 Å². The van der Waals surface area contributed by atoms with Crippen molar-refractivity contribution in [3.05, 3.63) is 169 Å². The molecule has 246 valence electrons. The number of aromatic nitrogens is 3. The molecule has 7 aromatic carbocycles. The molecule has 0 fully saturated rings. The summed E-state index contributed by atoms with van der Waals surface area (Å²) in [6.07, 6.45) is 10.1. The number of rotatable bonds is 8. The first-order chi connectivity index (χ1) is 25.1. The molecule has 3 nitrogen and oxygen atoms in total. The van der Waals surface area contributed by atoms with E-state index < -0.39 is 0 Å². The Hall–Kier alpha value is -6.19. The maximum atomic E-state index is 5.13. The highest BCUT2D eigenvalue weighted by atomic mass is 15.0. The lowest BCUT2D eigenvalue weighted by Gasteiger charge is -2.18. The minimum absolute atomic E-state index is 0.639. The van der Waals surface area contributed by atoms with E-state index in [-0.39, 0.29) is 0 Å². The van der Waals surface area contributed by atoms with Gasteiger partial charge in [-0.3, -0.25) is 0 Å². The number of hydrogen-bond donors (Lipinski definition) is 0. The van der Waals surface area contributed by atoms with Crippen LogP contribution in [0.4, 0.5) is 0 Å². The molecule has 0 amide bonds. The minimum atomic E-state index is 0.639. The van der Waals surface area contributed by atoms with Crippen molar-refractivity contribution in [1.82, 2.24) is 15.0 Å². The van der Waals surface area contributed by atoms with Crippen LogP contribution in [0.25, 0.3) is 82.8 Å². The highest BCUT2D eigenvalue weighted by Crippen LogP contribution is 2.43. The molecule has 0 unspecified atom stereocenters. The maximum absolute atomic E-state index is 5.13. The molecule has 0 saturated carbocycles. The van der Waals surface area contributed by atoms with Gasteiger partial charge in [-0.15, -0.1) is 0 Å². The lowest BCUT2D eigenvalue weighted by atomic mass is 9.86. The summed E-state index contributed by atoms with van der Waals surface area (Å²) in [5.74, 6) is 1.94. The molecule has 51 heavy (non-hydrogen) atoms. The van der Waals surface area contributed by atoms with Crippen LogP contribution in [-0.4, -0.2) is 15.0 Å². The molecule has 0 spiro atoms. The molecule has 8 aromatic rings. The monoisotopic (exact) mass is 657 g/mol. The van der Waals surface area contributed by atoms with Crippen LogP contribution in [-0.2, 0) is 6.42 Å². The summed E-state index contributed by atoms with van der Waals surface area (Å²) < 4.78 is 0. The molecule has 1 heterocycles. The van der Waals surface area contributed by atoms with E-state index in [0.29, 0.717) is 17.5 Å². The second-order valence-electron chi connectivity index (χ2n) is 13.1. The van der Waals surface area contributed by atoms with Crippen molar-refractivity contribution in [3.63, 3.8) is 0 Å². The Morgan fingerprint density at radius 1 is 0.608 bits per heavy atom. The zero-order chi connectivity index (χ0) is 34.9. The summed E-state index contributed by atoms with van der Waals surface area (Å²) in [6.45, 7) is 10.4. The largest absolute Gasteiger partial charge is 0.208 e. The highest BCUT2D eigenvalue weighted by molar-refractivity contribution is 6.33. The van der Waals surface area contributed by atoms with E-state index in [4.69, 9.17) is 15.0 Å². The molecule has 0 aliphatic heterocycles. The SMILES string of the molecule is C=C/C=C(\C=C/C)c1ccc(-c2nc(-c3ccccc3)nc(-c3ccc4cc(C)c5c6c(CCC)cccc6c6ccccc6c5c4c3)n2)cc1. The van der Waals surface area contributed by atoms with Gasteiger partial charge >= 0.3 is 0 Å². The Bertz CT molecular complexity index is 2660. The van der Waals surface area contributed by atoms with Crippen LogP contribution in [0, 0.1) is 6.92 Å². The van der Waals surface area contributed by atoms with E-state index in [9.17, 15) is 0 Å². The van der Waals surface area contributed by atoms with Crippen LogP contribution in [0.3, 0.4) is 0 Å². The third-order valence-electron chi connectivity index (χ3n) is 9.79. The second-order valence-corrected chi connectivity index (χ2v) is 13.1. The Kier molecular flexibility index (Phi) is 8.55. The number of aryl methyl sites for hydroxylation is 2. The van der Waals surface area contributed by atoms with Crippen LogP contribution >= 0.6 is 0 Å². The molecule has 0 aliphatic rings. The quantitative estimate of drug-likeness (QED) is 0.121. The average molecular weight is 658 g/mol. The minimum Gasteiger partial charge on any atom is -0.208 e. The summed E-state index contributed by atoms with van der Waals surface area (Å²) >= 11 is 0. The van der Waals surface area contributed by atoms with Crippen molar-refractivity contribution in [1.29, 1.82) is 0 Å².